The lowest BCUT2D eigenvalue weighted by atomic mass is 10.4. The smallest absolute Gasteiger partial charge is 0.291 e. The highest BCUT2D eigenvalue weighted by atomic mass is 32.2. The second kappa shape index (κ2) is 2.24. The van der Waals surface area contributed by atoms with Crippen molar-refractivity contribution in [3.63, 3.8) is 0 Å². The number of amidine groups is 1. The molecule has 0 aliphatic carbocycles. The van der Waals surface area contributed by atoms with Crippen molar-refractivity contribution in [2.45, 2.75) is 6.92 Å². The van der Waals surface area contributed by atoms with Crippen molar-refractivity contribution in [3.8, 4) is 0 Å². The summed E-state index contributed by atoms with van der Waals surface area (Å²) in [6, 6.07) is 0. The zero-order valence-corrected chi connectivity index (χ0v) is 5.40. The van der Waals surface area contributed by atoms with E-state index in [1.807, 2.05) is 0 Å². The number of nitrogens with zero attached hydrogens (tertiary/aromatic N) is 1. The Hall–Kier alpha value is -0.750. The maximum absolute atomic E-state index is 10.4. The summed E-state index contributed by atoms with van der Waals surface area (Å²) in [5.74, 6) is -0.283. The van der Waals surface area contributed by atoms with Crippen molar-refractivity contribution in [2.75, 3.05) is 0 Å². The summed E-state index contributed by atoms with van der Waals surface area (Å²) in [6.45, 7) is 1.30. The highest BCUT2D eigenvalue weighted by molar-refractivity contribution is 7.79. The summed E-state index contributed by atoms with van der Waals surface area (Å²) in [5, 5.41) is 0. The zero-order valence-electron chi connectivity index (χ0n) is 4.58. The van der Waals surface area contributed by atoms with Crippen LogP contribution in [0.15, 0.2) is 4.40 Å². The standard InChI is InChI=1S/C3H4N2O3S/c1-2(6)3-4-8-9(7)5-3/h1H3,(H,4,5). The van der Waals surface area contributed by atoms with Gasteiger partial charge in [-0.25, -0.2) is 9.69 Å². The quantitative estimate of drug-likeness (QED) is 0.522. The lowest BCUT2D eigenvalue weighted by Gasteiger charge is -1.88. The molecule has 6 heteroatoms. The van der Waals surface area contributed by atoms with Crippen molar-refractivity contribution < 1.29 is 13.3 Å². The van der Waals surface area contributed by atoms with E-state index in [0.29, 0.717) is 0 Å². The first-order valence-corrected chi connectivity index (χ1v) is 3.18. The molecular formula is C3H4N2O3S. The molecule has 1 aliphatic rings. The van der Waals surface area contributed by atoms with Crippen molar-refractivity contribution in [1.82, 2.24) is 5.48 Å². The zero-order chi connectivity index (χ0) is 6.85. The summed E-state index contributed by atoms with van der Waals surface area (Å²) in [4.78, 5) is 10.4. The van der Waals surface area contributed by atoms with Gasteiger partial charge in [0, 0.05) is 6.92 Å². The molecule has 0 spiro atoms. The van der Waals surface area contributed by atoms with E-state index in [0.717, 1.165) is 0 Å². The van der Waals surface area contributed by atoms with Crippen molar-refractivity contribution in [1.29, 1.82) is 0 Å². The Morgan fingerprint density at radius 2 is 2.56 bits per heavy atom. The molecule has 1 heterocycles. The third-order valence-electron chi connectivity index (χ3n) is 0.709. The maximum atomic E-state index is 10.4. The Balaban J connectivity index is 2.74. The first-order valence-electron chi connectivity index (χ1n) is 2.15. The van der Waals surface area contributed by atoms with E-state index in [2.05, 4.69) is 14.2 Å². The van der Waals surface area contributed by atoms with Gasteiger partial charge in [0.15, 0.2) is 5.78 Å². The fourth-order valence-electron chi connectivity index (χ4n) is 0.323. The number of nitrogens with one attached hydrogen (secondary N) is 1. The summed E-state index contributed by atoms with van der Waals surface area (Å²) in [7, 11) is 0. The molecule has 1 aliphatic heterocycles. The van der Waals surface area contributed by atoms with Crippen LogP contribution in [0.25, 0.3) is 0 Å². The maximum Gasteiger partial charge on any atom is 0.309 e. The van der Waals surface area contributed by atoms with Crippen molar-refractivity contribution >= 4 is 22.9 Å². The lowest BCUT2D eigenvalue weighted by Crippen LogP contribution is -2.23. The minimum atomic E-state index is -1.72. The van der Waals surface area contributed by atoms with Gasteiger partial charge in [0.25, 0.3) is 0 Å². The molecule has 0 aromatic rings. The third-order valence-corrected chi connectivity index (χ3v) is 1.27. The van der Waals surface area contributed by atoms with E-state index in [1.165, 1.54) is 6.92 Å². The van der Waals surface area contributed by atoms with Crippen LogP contribution in [0.4, 0.5) is 0 Å². The van der Waals surface area contributed by atoms with Crippen LogP contribution < -0.4 is 5.48 Å². The van der Waals surface area contributed by atoms with Gasteiger partial charge in [0.05, 0.1) is 0 Å². The van der Waals surface area contributed by atoms with Gasteiger partial charge >= 0.3 is 11.3 Å². The molecule has 0 amide bonds. The molecule has 0 bridgehead atoms. The van der Waals surface area contributed by atoms with Crippen LogP contribution >= 0.6 is 0 Å². The number of carbonyl (C=O) groups excluding carboxylic acids is 1. The molecule has 0 radical (unpaired) electrons. The van der Waals surface area contributed by atoms with E-state index >= 15 is 0 Å². The Bertz CT molecular complexity index is 199. The second-order valence-electron chi connectivity index (χ2n) is 1.40. The number of hydrogen-bond acceptors (Lipinski definition) is 4. The molecule has 0 fully saturated rings. The van der Waals surface area contributed by atoms with Crippen molar-refractivity contribution in [3.05, 3.63) is 0 Å². The van der Waals surface area contributed by atoms with Gasteiger partial charge in [-0.05, 0) is 0 Å². The van der Waals surface area contributed by atoms with Crippen LogP contribution in [0.3, 0.4) is 0 Å². The molecule has 0 saturated heterocycles. The molecule has 1 rings (SSSR count). The van der Waals surface area contributed by atoms with Crippen LogP contribution in [0.5, 0.6) is 0 Å². The van der Waals surface area contributed by atoms with Crippen LogP contribution in [-0.4, -0.2) is 15.8 Å². The average Bonchev–Trinajstić information content (AvgIpc) is 2.14. The first kappa shape index (κ1) is 6.37. The van der Waals surface area contributed by atoms with Gasteiger partial charge in [-0.15, -0.1) is 4.40 Å². The molecule has 0 saturated carbocycles. The minimum Gasteiger partial charge on any atom is -0.291 e. The second-order valence-corrected chi connectivity index (χ2v) is 2.18. The molecular weight excluding hydrogens is 144 g/mol. The highest BCUT2D eigenvalue weighted by Crippen LogP contribution is 1.94. The van der Waals surface area contributed by atoms with Crippen LogP contribution in [0, 0.1) is 0 Å². The number of carbonyl (C=O) groups is 1. The average molecular weight is 148 g/mol. The normalized spacial score (nSPS) is 25.0. The van der Waals surface area contributed by atoms with Gasteiger partial charge in [0.2, 0.25) is 5.84 Å². The number of hydrogen-bond donors (Lipinski definition) is 1. The fourth-order valence-corrected chi connectivity index (χ4v) is 0.825. The minimum absolute atomic E-state index is 0.00772. The van der Waals surface area contributed by atoms with Gasteiger partial charge in [0.1, 0.15) is 0 Å². The van der Waals surface area contributed by atoms with Crippen LogP contribution in [-0.2, 0) is 20.3 Å². The Kier molecular flexibility index (Phi) is 1.58. The number of hydroxylamine groups is 1. The molecule has 1 atom stereocenters. The molecule has 5 nitrogen and oxygen atoms in total. The topological polar surface area (TPSA) is 67.8 Å². The van der Waals surface area contributed by atoms with Crippen LogP contribution in [0.1, 0.15) is 6.92 Å². The van der Waals surface area contributed by atoms with Gasteiger partial charge < -0.3 is 0 Å². The van der Waals surface area contributed by atoms with E-state index in [4.69, 9.17) is 0 Å². The highest BCUT2D eigenvalue weighted by Gasteiger charge is 2.15. The van der Waals surface area contributed by atoms with Crippen LogP contribution in [0.2, 0.25) is 0 Å². The molecule has 9 heavy (non-hydrogen) atoms. The summed E-state index contributed by atoms with van der Waals surface area (Å²) < 4.78 is 17.8. The third kappa shape index (κ3) is 1.33. The molecule has 1 unspecified atom stereocenters. The predicted molar refractivity (Wildman–Crippen MR) is 30.5 cm³/mol. The first-order chi connectivity index (χ1) is 4.20. The van der Waals surface area contributed by atoms with Crippen molar-refractivity contribution in [2.24, 2.45) is 4.40 Å². The Morgan fingerprint density at radius 3 is 2.78 bits per heavy atom. The molecule has 50 valence electrons. The lowest BCUT2D eigenvalue weighted by molar-refractivity contribution is -0.111. The number of Topliss-reactive ketones (excluding diaryl/α,β-unsaturated/α-hetero) is 1. The van der Waals surface area contributed by atoms with E-state index in [-0.39, 0.29) is 11.6 Å². The Morgan fingerprint density at radius 1 is 1.89 bits per heavy atom. The fraction of sp³-hybridized carbons (Fsp3) is 0.333. The number of rotatable bonds is 1. The van der Waals surface area contributed by atoms with E-state index in [9.17, 15) is 9.00 Å². The summed E-state index contributed by atoms with van der Waals surface area (Å²) >= 11 is -1.72. The largest absolute Gasteiger partial charge is 0.309 e. The molecule has 1 N–H and O–H groups in total. The SMILES string of the molecule is CC(=O)C1=NS(=O)ON1. The molecule has 0 aromatic carbocycles. The monoisotopic (exact) mass is 148 g/mol. The van der Waals surface area contributed by atoms with E-state index in [1.54, 1.807) is 0 Å². The predicted octanol–water partition coefficient (Wildman–Crippen LogP) is -0.913. The van der Waals surface area contributed by atoms with Gasteiger partial charge in [-0.1, -0.05) is 0 Å². The Labute approximate surface area is 53.9 Å². The van der Waals surface area contributed by atoms with Gasteiger partial charge in [-0.3, -0.25) is 4.79 Å². The summed E-state index contributed by atoms with van der Waals surface area (Å²) in [6.07, 6.45) is 0. The summed E-state index contributed by atoms with van der Waals surface area (Å²) in [5.41, 5.74) is 2.11. The van der Waals surface area contributed by atoms with Gasteiger partial charge in [-0.2, -0.15) is 4.28 Å². The van der Waals surface area contributed by atoms with E-state index < -0.39 is 11.3 Å². The molecule has 0 aromatic heterocycles. The number of ketones is 1.